The zero-order valence-electron chi connectivity index (χ0n) is 14.9. The molecule has 2 fully saturated rings. The number of nitrogens with zero attached hydrogens (tertiary/aromatic N) is 2. The second-order valence-electron chi connectivity index (χ2n) is 7.64. The molecule has 9 heteroatoms. The van der Waals surface area contributed by atoms with Crippen LogP contribution in [0.4, 0.5) is 4.39 Å². The first kappa shape index (κ1) is 18.5. The normalized spacial score (nSPS) is 21.6. The fraction of sp³-hybridized carbons (Fsp3) is 0.556. The minimum Gasteiger partial charge on any atom is -0.337 e. The van der Waals surface area contributed by atoms with Crippen molar-refractivity contribution in [1.82, 2.24) is 14.9 Å². The lowest BCUT2D eigenvalue weighted by Gasteiger charge is -2.35. The monoisotopic (exact) mass is 394 g/mol. The second-order valence-corrected chi connectivity index (χ2v) is 9.32. The third kappa shape index (κ3) is 3.39. The van der Waals surface area contributed by atoms with Crippen LogP contribution in [0.5, 0.6) is 0 Å². The largest absolute Gasteiger partial charge is 0.337 e. The first-order chi connectivity index (χ1) is 12.8. The van der Waals surface area contributed by atoms with Gasteiger partial charge >= 0.3 is 0 Å². The molecule has 3 N–H and O–H groups in total. The Bertz CT molecular complexity index is 934. The maximum absolute atomic E-state index is 13.5. The van der Waals surface area contributed by atoms with Crippen LogP contribution in [0.25, 0.3) is 0 Å². The van der Waals surface area contributed by atoms with E-state index >= 15 is 0 Å². The minimum absolute atomic E-state index is 0.124. The first-order valence-corrected chi connectivity index (χ1v) is 10.7. The third-order valence-electron chi connectivity index (χ3n) is 5.67. The molecule has 2 aliphatic rings. The SMILES string of the molecule is NC1(c2noc(C3(NS(=O)(=O)c4cccc(F)c4)CCCCC3)n2)CCC1. The van der Waals surface area contributed by atoms with Gasteiger partial charge in [0.25, 0.3) is 0 Å². The van der Waals surface area contributed by atoms with Crippen molar-refractivity contribution in [3.8, 4) is 0 Å². The number of nitrogens with two attached hydrogens (primary N) is 1. The van der Waals surface area contributed by atoms with E-state index in [1.807, 2.05) is 0 Å². The number of hydrogen-bond donors (Lipinski definition) is 2. The topological polar surface area (TPSA) is 111 Å². The molecule has 7 nitrogen and oxygen atoms in total. The smallest absolute Gasteiger partial charge is 0.248 e. The van der Waals surface area contributed by atoms with Crippen molar-refractivity contribution >= 4 is 10.0 Å². The molecule has 146 valence electrons. The van der Waals surface area contributed by atoms with Gasteiger partial charge in [0.1, 0.15) is 11.4 Å². The third-order valence-corrected chi connectivity index (χ3v) is 7.20. The van der Waals surface area contributed by atoms with E-state index < -0.39 is 26.9 Å². The van der Waals surface area contributed by atoms with E-state index in [1.165, 1.54) is 18.2 Å². The molecule has 0 amide bonds. The molecule has 0 atom stereocenters. The van der Waals surface area contributed by atoms with E-state index in [1.54, 1.807) is 0 Å². The van der Waals surface area contributed by atoms with Gasteiger partial charge in [0.15, 0.2) is 5.82 Å². The Morgan fingerprint density at radius 1 is 1.11 bits per heavy atom. The van der Waals surface area contributed by atoms with Crippen molar-refractivity contribution in [2.24, 2.45) is 5.73 Å². The summed E-state index contributed by atoms with van der Waals surface area (Å²) >= 11 is 0. The predicted molar refractivity (Wildman–Crippen MR) is 95.5 cm³/mol. The Morgan fingerprint density at radius 2 is 1.85 bits per heavy atom. The van der Waals surface area contributed by atoms with Crippen molar-refractivity contribution in [3.05, 3.63) is 41.8 Å². The summed E-state index contributed by atoms with van der Waals surface area (Å²) in [4.78, 5) is 4.37. The summed E-state index contributed by atoms with van der Waals surface area (Å²) in [5.74, 6) is 0.0678. The molecule has 27 heavy (non-hydrogen) atoms. The minimum atomic E-state index is -3.96. The van der Waals surface area contributed by atoms with Gasteiger partial charge in [-0.15, -0.1) is 0 Å². The number of aromatic nitrogens is 2. The lowest BCUT2D eigenvalue weighted by Crippen LogP contribution is -2.48. The molecule has 0 spiro atoms. The van der Waals surface area contributed by atoms with Crippen molar-refractivity contribution < 1.29 is 17.3 Å². The zero-order valence-corrected chi connectivity index (χ0v) is 15.8. The lowest BCUT2D eigenvalue weighted by atomic mass is 9.77. The number of sulfonamides is 1. The number of rotatable bonds is 5. The summed E-state index contributed by atoms with van der Waals surface area (Å²) in [6.07, 6.45) is 6.33. The Labute approximate surface area is 157 Å². The van der Waals surface area contributed by atoms with Crippen molar-refractivity contribution in [3.63, 3.8) is 0 Å². The van der Waals surface area contributed by atoms with Crippen LogP contribution >= 0.6 is 0 Å². The highest BCUT2D eigenvalue weighted by atomic mass is 32.2. The van der Waals surface area contributed by atoms with Crippen molar-refractivity contribution in [1.29, 1.82) is 0 Å². The summed E-state index contributed by atoms with van der Waals surface area (Å²) in [5, 5.41) is 4.04. The van der Waals surface area contributed by atoms with E-state index in [2.05, 4.69) is 14.9 Å². The predicted octanol–water partition coefficient (Wildman–Crippen LogP) is 2.68. The molecule has 0 radical (unpaired) electrons. The van der Waals surface area contributed by atoms with Crippen LogP contribution in [0, 0.1) is 5.82 Å². The maximum Gasteiger partial charge on any atom is 0.248 e. The van der Waals surface area contributed by atoms with Gasteiger partial charge in [0.05, 0.1) is 10.4 Å². The van der Waals surface area contributed by atoms with Crippen LogP contribution in [0.1, 0.15) is 63.1 Å². The van der Waals surface area contributed by atoms with E-state index in [-0.39, 0.29) is 10.8 Å². The van der Waals surface area contributed by atoms with Crippen LogP contribution in [-0.2, 0) is 21.1 Å². The van der Waals surface area contributed by atoms with Crippen molar-refractivity contribution in [2.45, 2.75) is 67.3 Å². The Kier molecular flexibility index (Phi) is 4.56. The highest BCUT2D eigenvalue weighted by Gasteiger charge is 2.45. The van der Waals surface area contributed by atoms with Crippen molar-refractivity contribution in [2.75, 3.05) is 0 Å². The molecule has 2 aromatic rings. The maximum atomic E-state index is 13.5. The van der Waals surface area contributed by atoms with Crippen LogP contribution < -0.4 is 10.5 Å². The Morgan fingerprint density at radius 3 is 2.48 bits per heavy atom. The van der Waals surface area contributed by atoms with Crippen LogP contribution in [0.3, 0.4) is 0 Å². The van der Waals surface area contributed by atoms with Gasteiger partial charge in [-0.05, 0) is 50.3 Å². The fourth-order valence-electron chi connectivity index (χ4n) is 3.87. The van der Waals surface area contributed by atoms with Crippen LogP contribution in [0.15, 0.2) is 33.7 Å². The number of benzene rings is 1. The molecule has 0 bridgehead atoms. The highest BCUT2D eigenvalue weighted by Crippen LogP contribution is 2.41. The van der Waals surface area contributed by atoms with Gasteiger partial charge in [0.2, 0.25) is 15.9 Å². The molecule has 4 rings (SSSR count). The molecular weight excluding hydrogens is 371 g/mol. The number of halogens is 1. The van der Waals surface area contributed by atoms with Gasteiger partial charge in [-0.3, -0.25) is 0 Å². The molecule has 1 aromatic carbocycles. The molecule has 1 aromatic heterocycles. The molecule has 0 saturated heterocycles. The van der Waals surface area contributed by atoms with E-state index in [0.717, 1.165) is 44.6 Å². The van der Waals surface area contributed by atoms with Crippen LogP contribution in [0.2, 0.25) is 0 Å². The second kappa shape index (κ2) is 6.65. The van der Waals surface area contributed by atoms with E-state index in [0.29, 0.717) is 18.7 Å². The van der Waals surface area contributed by atoms with Gasteiger partial charge in [-0.1, -0.05) is 30.5 Å². The standard InChI is InChI=1S/C18H23FN4O3S/c19-13-6-4-7-14(12-13)27(24,25)23-18(10-2-1-3-11-18)16-21-15(22-26-16)17(20)8-5-9-17/h4,6-7,12,23H,1-3,5,8-11,20H2. The molecule has 2 aliphatic carbocycles. The quantitative estimate of drug-likeness (QED) is 0.806. The van der Waals surface area contributed by atoms with E-state index in [4.69, 9.17) is 10.3 Å². The summed E-state index contributed by atoms with van der Waals surface area (Å²) in [7, 11) is -3.96. The average Bonchev–Trinajstić information content (AvgIpc) is 3.11. The summed E-state index contributed by atoms with van der Waals surface area (Å²) in [6, 6.07) is 4.95. The van der Waals surface area contributed by atoms with Crippen LogP contribution in [-0.4, -0.2) is 18.6 Å². The number of hydrogen-bond acceptors (Lipinski definition) is 6. The Balaban J connectivity index is 1.69. The number of nitrogens with one attached hydrogen (secondary N) is 1. The summed E-state index contributed by atoms with van der Waals surface area (Å²) in [6.45, 7) is 0. The fourth-order valence-corrected chi connectivity index (χ4v) is 5.32. The van der Waals surface area contributed by atoms with E-state index in [9.17, 15) is 12.8 Å². The van der Waals surface area contributed by atoms with Gasteiger partial charge in [-0.25, -0.2) is 12.8 Å². The molecule has 2 saturated carbocycles. The molecule has 1 heterocycles. The van der Waals surface area contributed by atoms with Gasteiger partial charge in [-0.2, -0.15) is 9.71 Å². The summed E-state index contributed by atoms with van der Waals surface area (Å²) in [5.41, 5.74) is 4.70. The Hall–Kier alpha value is -1.84. The highest BCUT2D eigenvalue weighted by molar-refractivity contribution is 7.89. The summed E-state index contributed by atoms with van der Waals surface area (Å²) < 4.78 is 47.6. The first-order valence-electron chi connectivity index (χ1n) is 9.26. The lowest BCUT2D eigenvalue weighted by molar-refractivity contribution is 0.196. The molecule has 0 unspecified atom stereocenters. The molecular formula is C18H23FN4O3S. The average molecular weight is 394 g/mol. The molecule has 0 aliphatic heterocycles. The van der Waals surface area contributed by atoms with Gasteiger partial charge < -0.3 is 10.3 Å². The zero-order chi connectivity index (χ0) is 19.1. The van der Waals surface area contributed by atoms with Gasteiger partial charge in [0, 0.05) is 0 Å².